The van der Waals surface area contributed by atoms with Gasteiger partial charge in [-0.1, -0.05) is 23.7 Å². The van der Waals surface area contributed by atoms with Crippen LogP contribution < -0.4 is 4.74 Å². The number of hydrogen-bond acceptors (Lipinski definition) is 4. The molecule has 2 aromatic carbocycles. The number of ketones is 1. The summed E-state index contributed by atoms with van der Waals surface area (Å²) in [4.78, 5) is 23.2. The summed E-state index contributed by atoms with van der Waals surface area (Å²) in [5.41, 5.74) is -0.168. The monoisotopic (exact) mass is 362 g/mol. The summed E-state index contributed by atoms with van der Waals surface area (Å²) in [6, 6.07) is 11.3. The largest absolute Gasteiger partial charge is 0.507 e. The van der Waals surface area contributed by atoms with Crippen molar-refractivity contribution in [3.05, 3.63) is 58.6 Å². The molecule has 0 amide bonds. The molecule has 0 aliphatic carbocycles. The second-order valence-corrected chi connectivity index (χ2v) is 6.58. The number of benzene rings is 2. The van der Waals surface area contributed by atoms with Crippen molar-refractivity contribution in [2.75, 3.05) is 0 Å². The van der Waals surface area contributed by atoms with Crippen molar-refractivity contribution in [3.63, 3.8) is 0 Å². The number of carboxylic acids is 1. The number of carbonyl (C=O) groups excluding carboxylic acids is 1. The first kappa shape index (κ1) is 18.8. The average Bonchev–Trinajstić information content (AvgIpc) is 2.53. The first-order valence-corrected chi connectivity index (χ1v) is 8.10. The molecule has 132 valence electrons. The maximum atomic E-state index is 12.2. The third-order valence-corrected chi connectivity index (χ3v) is 3.95. The van der Waals surface area contributed by atoms with Gasteiger partial charge in [0.05, 0.1) is 5.56 Å². The average molecular weight is 363 g/mol. The van der Waals surface area contributed by atoms with E-state index in [1.54, 1.807) is 30.3 Å². The summed E-state index contributed by atoms with van der Waals surface area (Å²) >= 11 is 5.75. The smallest absolute Gasteiger partial charge is 0.347 e. The fourth-order valence-corrected chi connectivity index (χ4v) is 2.36. The number of hydrogen-bond donors (Lipinski definition) is 2. The lowest BCUT2D eigenvalue weighted by Gasteiger charge is -2.21. The SMILES string of the molecule is CC(C)(Oc1ccc(CCC(=O)c2ccc(Cl)cc2O)cc1)C(=O)O. The van der Waals surface area contributed by atoms with Gasteiger partial charge in [-0.3, -0.25) is 4.79 Å². The van der Waals surface area contributed by atoms with Gasteiger partial charge in [0, 0.05) is 11.4 Å². The van der Waals surface area contributed by atoms with E-state index >= 15 is 0 Å². The van der Waals surface area contributed by atoms with Gasteiger partial charge in [-0.2, -0.15) is 0 Å². The van der Waals surface area contributed by atoms with Crippen LogP contribution in [0.1, 0.15) is 36.2 Å². The van der Waals surface area contributed by atoms with Crippen molar-refractivity contribution in [2.24, 2.45) is 0 Å². The van der Waals surface area contributed by atoms with Crippen LogP contribution in [0, 0.1) is 0 Å². The van der Waals surface area contributed by atoms with Crippen LogP contribution in [0.15, 0.2) is 42.5 Å². The van der Waals surface area contributed by atoms with Crippen LogP contribution in [0.4, 0.5) is 0 Å². The van der Waals surface area contributed by atoms with Gasteiger partial charge in [0.1, 0.15) is 11.5 Å². The molecule has 2 rings (SSSR count). The Balaban J connectivity index is 1.97. The number of halogens is 1. The summed E-state index contributed by atoms with van der Waals surface area (Å²) in [7, 11) is 0. The van der Waals surface area contributed by atoms with Crippen LogP contribution in [0.5, 0.6) is 11.5 Å². The number of Topliss-reactive ketones (excluding diaryl/α,β-unsaturated/α-hetero) is 1. The summed E-state index contributed by atoms with van der Waals surface area (Å²) in [5, 5.41) is 19.2. The Morgan fingerprint density at radius 2 is 1.76 bits per heavy atom. The number of carbonyl (C=O) groups is 2. The molecule has 0 aliphatic heterocycles. The van der Waals surface area contributed by atoms with Crippen molar-refractivity contribution in [2.45, 2.75) is 32.3 Å². The minimum atomic E-state index is -1.32. The molecule has 0 heterocycles. The van der Waals surface area contributed by atoms with E-state index in [2.05, 4.69) is 0 Å². The lowest BCUT2D eigenvalue weighted by Crippen LogP contribution is -2.37. The molecule has 0 aromatic heterocycles. The zero-order chi connectivity index (χ0) is 18.6. The summed E-state index contributed by atoms with van der Waals surface area (Å²) in [6.07, 6.45) is 0.722. The van der Waals surface area contributed by atoms with E-state index in [4.69, 9.17) is 21.4 Å². The number of aromatic hydroxyl groups is 1. The number of phenolic OH excluding ortho intramolecular Hbond substituents is 1. The molecule has 0 bridgehead atoms. The van der Waals surface area contributed by atoms with Gasteiger partial charge in [-0.15, -0.1) is 0 Å². The van der Waals surface area contributed by atoms with Gasteiger partial charge in [-0.25, -0.2) is 4.79 Å². The minimum absolute atomic E-state index is 0.128. The molecule has 2 aromatic rings. The Morgan fingerprint density at radius 3 is 2.32 bits per heavy atom. The summed E-state index contributed by atoms with van der Waals surface area (Å²) in [5.74, 6) is -0.915. The molecule has 0 unspecified atom stereocenters. The standard InChI is InChI=1S/C19H19ClO5/c1-19(2,18(23)24)25-14-7-3-12(4-8-14)5-10-16(21)15-9-6-13(20)11-17(15)22/h3-4,6-9,11,22H,5,10H2,1-2H3,(H,23,24). The molecule has 0 fully saturated rings. The topological polar surface area (TPSA) is 83.8 Å². The molecule has 0 spiro atoms. The highest BCUT2D eigenvalue weighted by atomic mass is 35.5. The molecule has 6 heteroatoms. The Morgan fingerprint density at radius 1 is 1.12 bits per heavy atom. The van der Waals surface area contributed by atoms with Gasteiger partial charge in [0.25, 0.3) is 0 Å². The van der Waals surface area contributed by atoms with Crippen LogP contribution in [0.3, 0.4) is 0 Å². The van der Waals surface area contributed by atoms with Crippen LogP contribution in [0.2, 0.25) is 5.02 Å². The maximum Gasteiger partial charge on any atom is 0.347 e. The number of rotatable bonds is 7. The first-order chi connectivity index (χ1) is 11.7. The summed E-state index contributed by atoms with van der Waals surface area (Å²) in [6.45, 7) is 2.95. The Bertz CT molecular complexity index is 781. The third kappa shape index (κ3) is 4.97. The number of aliphatic carboxylic acids is 1. The number of aryl methyl sites for hydroxylation is 1. The molecular weight excluding hydrogens is 344 g/mol. The van der Waals surface area contributed by atoms with E-state index in [1.807, 2.05) is 0 Å². The predicted molar refractivity (Wildman–Crippen MR) is 94.6 cm³/mol. The van der Waals surface area contributed by atoms with E-state index in [0.29, 0.717) is 17.2 Å². The summed E-state index contributed by atoms with van der Waals surface area (Å²) < 4.78 is 5.43. The molecule has 0 radical (unpaired) electrons. The van der Waals surface area contributed by atoms with Crippen LogP contribution in [0.25, 0.3) is 0 Å². The van der Waals surface area contributed by atoms with Gasteiger partial charge in [0.2, 0.25) is 0 Å². The second-order valence-electron chi connectivity index (χ2n) is 6.15. The van der Waals surface area contributed by atoms with E-state index in [1.165, 1.54) is 26.0 Å². The zero-order valence-corrected chi connectivity index (χ0v) is 14.7. The Labute approximate surface area is 150 Å². The quantitative estimate of drug-likeness (QED) is 0.724. The third-order valence-electron chi connectivity index (χ3n) is 3.71. The molecule has 25 heavy (non-hydrogen) atoms. The van der Waals surface area contributed by atoms with E-state index in [0.717, 1.165) is 5.56 Å². The van der Waals surface area contributed by atoms with E-state index < -0.39 is 11.6 Å². The first-order valence-electron chi connectivity index (χ1n) is 7.72. The van der Waals surface area contributed by atoms with Crippen LogP contribution >= 0.6 is 11.6 Å². The van der Waals surface area contributed by atoms with Crippen LogP contribution in [-0.4, -0.2) is 27.6 Å². The lowest BCUT2D eigenvalue weighted by atomic mass is 10.0. The number of ether oxygens (including phenoxy) is 1. The molecule has 5 nitrogen and oxygen atoms in total. The van der Waals surface area contributed by atoms with Gasteiger partial charge in [0.15, 0.2) is 11.4 Å². The highest BCUT2D eigenvalue weighted by molar-refractivity contribution is 6.30. The molecule has 0 atom stereocenters. The molecule has 0 aliphatic rings. The Kier molecular flexibility index (Phi) is 5.69. The number of carboxylic acid groups (broad SMARTS) is 1. The molecular formula is C19H19ClO5. The zero-order valence-electron chi connectivity index (χ0n) is 14.0. The Hall–Kier alpha value is -2.53. The molecule has 0 saturated heterocycles. The van der Waals surface area contributed by atoms with E-state index in [-0.39, 0.29) is 23.5 Å². The normalized spacial score (nSPS) is 11.2. The minimum Gasteiger partial charge on any atom is -0.507 e. The highest BCUT2D eigenvalue weighted by Crippen LogP contribution is 2.24. The predicted octanol–water partition coefficient (Wildman–Crippen LogP) is 4.10. The molecule has 0 saturated carbocycles. The second kappa shape index (κ2) is 7.57. The van der Waals surface area contributed by atoms with Gasteiger partial charge in [-0.05, 0) is 56.2 Å². The van der Waals surface area contributed by atoms with Crippen LogP contribution in [-0.2, 0) is 11.2 Å². The highest BCUT2D eigenvalue weighted by Gasteiger charge is 2.29. The van der Waals surface area contributed by atoms with Crippen molar-refractivity contribution >= 4 is 23.4 Å². The fourth-order valence-electron chi connectivity index (χ4n) is 2.20. The lowest BCUT2D eigenvalue weighted by molar-refractivity contribution is -0.152. The van der Waals surface area contributed by atoms with Crippen molar-refractivity contribution in [3.8, 4) is 11.5 Å². The fraction of sp³-hybridized carbons (Fsp3) is 0.263. The van der Waals surface area contributed by atoms with Gasteiger partial charge < -0.3 is 14.9 Å². The maximum absolute atomic E-state index is 12.2. The molecule has 2 N–H and O–H groups in total. The van der Waals surface area contributed by atoms with E-state index in [9.17, 15) is 14.7 Å². The van der Waals surface area contributed by atoms with Crippen molar-refractivity contribution in [1.29, 1.82) is 0 Å². The number of phenols is 1. The van der Waals surface area contributed by atoms with Crippen molar-refractivity contribution < 1.29 is 24.5 Å². The van der Waals surface area contributed by atoms with Gasteiger partial charge >= 0.3 is 5.97 Å². The van der Waals surface area contributed by atoms with Crippen molar-refractivity contribution in [1.82, 2.24) is 0 Å².